The molecule has 0 bridgehead atoms. The van der Waals surface area contributed by atoms with Crippen LogP contribution in [0.5, 0.6) is 0 Å². The van der Waals surface area contributed by atoms with Crippen LogP contribution in [0.3, 0.4) is 0 Å². The third-order valence-electron chi connectivity index (χ3n) is 3.20. The van der Waals surface area contributed by atoms with Gasteiger partial charge in [0.15, 0.2) is 0 Å². The number of hydrogen-bond acceptors (Lipinski definition) is 1. The van der Waals surface area contributed by atoms with Gasteiger partial charge in [0.05, 0.1) is 7.11 Å². The van der Waals surface area contributed by atoms with E-state index in [1.807, 2.05) is 0 Å². The highest BCUT2D eigenvalue weighted by atomic mass is 16.5. The lowest BCUT2D eigenvalue weighted by Gasteiger charge is -2.30. The number of methoxy groups -OCH3 is 1. The van der Waals surface area contributed by atoms with Crippen LogP contribution in [0.4, 0.5) is 0 Å². The zero-order valence-corrected chi connectivity index (χ0v) is 12.8. The van der Waals surface area contributed by atoms with Crippen molar-refractivity contribution >= 4 is 5.76 Å². The van der Waals surface area contributed by atoms with Crippen molar-refractivity contribution in [2.75, 3.05) is 7.11 Å². The summed E-state index contributed by atoms with van der Waals surface area (Å²) in [5.41, 5.74) is 4.09. The zero-order valence-electron chi connectivity index (χ0n) is 12.8. The van der Waals surface area contributed by atoms with Crippen LogP contribution >= 0.6 is 0 Å². The summed E-state index contributed by atoms with van der Waals surface area (Å²) in [7, 11) is 1.66. The van der Waals surface area contributed by atoms with E-state index >= 15 is 0 Å². The summed E-state index contributed by atoms with van der Waals surface area (Å²) in [6, 6.07) is 6.52. The Bertz CT molecular complexity index is 442. The molecule has 0 radical (unpaired) electrons. The quantitative estimate of drug-likeness (QED) is 0.674. The first kappa shape index (κ1) is 14.8. The Morgan fingerprint density at radius 1 is 0.944 bits per heavy atom. The van der Waals surface area contributed by atoms with Gasteiger partial charge in [0.25, 0.3) is 0 Å². The SMILES string of the molecule is C=C(OC)c1ccc(C(C)(C)C)c(C(C)(C)C)c1. The highest BCUT2D eigenvalue weighted by Crippen LogP contribution is 2.35. The lowest BCUT2D eigenvalue weighted by molar-refractivity contribution is 0.371. The lowest BCUT2D eigenvalue weighted by Crippen LogP contribution is -2.22. The van der Waals surface area contributed by atoms with Crippen molar-refractivity contribution in [3.8, 4) is 0 Å². The highest BCUT2D eigenvalue weighted by molar-refractivity contribution is 5.60. The number of rotatable bonds is 2. The van der Waals surface area contributed by atoms with Crippen LogP contribution in [0.25, 0.3) is 5.76 Å². The van der Waals surface area contributed by atoms with Gasteiger partial charge in [-0.25, -0.2) is 0 Å². The second kappa shape index (κ2) is 4.79. The van der Waals surface area contributed by atoms with E-state index in [0.717, 1.165) is 11.3 Å². The maximum Gasteiger partial charge on any atom is 0.118 e. The van der Waals surface area contributed by atoms with Gasteiger partial charge >= 0.3 is 0 Å². The molecule has 18 heavy (non-hydrogen) atoms. The maximum absolute atomic E-state index is 5.23. The Morgan fingerprint density at radius 3 is 1.83 bits per heavy atom. The van der Waals surface area contributed by atoms with Crippen molar-refractivity contribution in [2.45, 2.75) is 52.4 Å². The van der Waals surface area contributed by atoms with Crippen LogP contribution in [-0.4, -0.2) is 7.11 Å². The molecule has 1 heteroatoms. The fraction of sp³-hybridized carbons (Fsp3) is 0.529. The maximum atomic E-state index is 5.23. The van der Waals surface area contributed by atoms with Crippen molar-refractivity contribution < 1.29 is 4.74 Å². The minimum Gasteiger partial charge on any atom is -0.497 e. The van der Waals surface area contributed by atoms with Crippen LogP contribution in [0.2, 0.25) is 0 Å². The first-order chi connectivity index (χ1) is 8.07. The Kier molecular flexibility index (Phi) is 3.95. The molecule has 100 valence electrons. The summed E-state index contributed by atoms with van der Waals surface area (Å²) in [6.07, 6.45) is 0. The van der Waals surface area contributed by atoms with Crippen molar-refractivity contribution in [1.82, 2.24) is 0 Å². The van der Waals surface area contributed by atoms with Crippen molar-refractivity contribution in [3.63, 3.8) is 0 Å². The first-order valence-electron chi connectivity index (χ1n) is 6.45. The fourth-order valence-corrected chi connectivity index (χ4v) is 2.11. The molecule has 0 amide bonds. The lowest BCUT2D eigenvalue weighted by atomic mass is 9.74. The first-order valence-corrected chi connectivity index (χ1v) is 6.45. The van der Waals surface area contributed by atoms with Crippen molar-refractivity contribution in [1.29, 1.82) is 0 Å². The number of benzene rings is 1. The molecule has 1 rings (SSSR count). The molecule has 1 aromatic carbocycles. The van der Waals surface area contributed by atoms with E-state index in [1.54, 1.807) is 7.11 Å². The van der Waals surface area contributed by atoms with E-state index in [9.17, 15) is 0 Å². The predicted molar refractivity (Wildman–Crippen MR) is 79.9 cm³/mol. The molecule has 0 aliphatic heterocycles. The molecule has 1 aromatic rings. The van der Waals surface area contributed by atoms with Gasteiger partial charge in [-0.05, 0) is 28.0 Å². The molecule has 1 nitrogen and oxygen atoms in total. The molecule has 0 aliphatic carbocycles. The van der Waals surface area contributed by atoms with Gasteiger partial charge in [-0.1, -0.05) is 60.3 Å². The predicted octanol–water partition coefficient (Wildman–Crippen LogP) is 4.90. The molecule has 0 aromatic heterocycles. The van der Waals surface area contributed by atoms with E-state index in [1.165, 1.54) is 11.1 Å². The summed E-state index contributed by atoms with van der Waals surface area (Å²) in [5.74, 6) is 0.723. The van der Waals surface area contributed by atoms with Gasteiger partial charge in [-0.2, -0.15) is 0 Å². The third-order valence-corrected chi connectivity index (χ3v) is 3.20. The van der Waals surface area contributed by atoms with Crippen molar-refractivity contribution in [3.05, 3.63) is 41.5 Å². The summed E-state index contributed by atoms with van der Waals surface area (Å²) >= 11 is 0. The topological polar surface area (TPSA) is 9.23 Å². The van der Waals surface area contributed by atoms with E-state index in [2.05, 4.69) is 66.3 Å². The molecule has 0 unspecified atom stereocenters. The van der Waals surface area contributed by atoms with Gasteiger partial charge in [0, 0.05) is 5.56 Å². The normalized spacial score (nSPS) is 12.4. The summed E-state index contributed by atoms with van der Waals surface area (Å²) in [4.78, 5) is 0. The fourth-order valence-electron chi connectivity index (χ4n) is 2.11. The molecular formula is C17H26O. The van der Waals surface area contributed by atoms with Gasteiger partial charge in [-0.3, -0.25) is 0 Å². The zero-order chi connectivity index (χ0) is 14.1. The largest absolute Gasteiger partial charge is 0.497 e. The van der Waals surface area contributed by atoms with E-state index in [0.29, 0.717) is 0 Å². The van der Waals surface area contributed by atoms with E-state index in [-0.39, 0.29) is 10.8 Å². The second-order valence-electron chi connectivity index (χ2n) is 6.89. The van der Waals surface area contributed by atoms with Gasteiger partial charge < -0.3 is 4.74 Å². The molecule has 0 spiro atoms. The molecule has 0 heterocycles. The number of hydrogen-bond donors (Lipinski definition) is 0. The smallest absolute Gasteiger partial charge is 0.118 e. The Labute approximate surface area is 112 Å². The molecule has 0 N–H and O–H groups in total. The highest BCUT2D eigenvalue weighted by Gasteiger charge is 2.25. The molecule has 0 saturated heterocycles. The van der Waals surface area contributed by atoms with Crippen LogP contribution < -0.4 is 0 Å². The van der Waals surface area contributed by atoms with Gasteiger partial charge in [0.2, 0.25) is 0 Å². The number of ether oxygens (including phenoxy) is 1. The van der Waals surface area contributed by atoms with E-state index in [4.69, 9.17) is 4.74 Å². The van der Waals surface area contributed by atoms with Gasteiger partial charge in [0.1, 0.15) is 5.76 Å². The summed E-state index contributed by atoms with van der Waals surface area (Å²) in [6.45, 7) is 17.4. The standard InChI is InChI=1S/C17H26O/c1-12(18-8)13-9-10-14(16(2,3)4)15(11-13)17(5,6)7/h9-11H,1H2,2-8H3. The van der Waals surface area contributed by atoms with E-state index < -0.39 is 0 Å². The molecule has 0 fully saturated rings. The monoisotopic (exact) mass is 246 g/mol. The Hall–Kier alpha value is -1.24. The Morgan fingerprint density at radius 2 is 1.44 bits per heavy atom. The van der Waals surface area contributed by atoms with Crippen LogP contribution in [0.15, 0.2) is 24.8 Å². The molecular weight excluding hydrogens is 220 g/mol. The molecule has 0 aliphatic rings. The minimum absolute atomic E-state index is 0.118. The molecule has 0 atom stereocenters. The average Bonchev–Trinajstić information content (AvgIpc) is 2.24. The summed E-state index contributed by atoms with van der Waals surface area (Å²) < 4.78 is 5.23. The molecule has 0 saturated carbocycles. The Balaban J connectivity index is 3.45. The van der Waals surface area contributed by atoms with Crippen LogP contribution in [0, 0.1) is 0 Å². The average molecular weight is 246 g/mol. The third kappa shape index (κ3) is 3.16. The second-order valence-corrected chi connectivity index (χ2v) is 6.89. The van der Waals surface area contributed by atoms with Crippen LogP contribution in [-0.2, 0) is 15.6 Å². The minimum atomic E-state index is 0.118. The van der Waals surface area contributed by atoms with Gasteiger partial charge in [-0.15, -0.1) is 0 Å². The van der Waals surface area contributed by atoms with Crippen LogP contribution in [0.1, 0.15) is 58.2 Å². The summed E-state index contributed by atoms with van der Waals surface area (Å²) in [5, 5.41) is 0. The van der Waals surface area contributed by atoms with Crippen molar-refractivity contribution in [2.24, 2.45) is 0 Å².